The topological polar surface area (TPSA) is 20.2 Å². The fraction of sp³-hybridized carbons (Fsp3) is 0.385. The van der Waals surface area contributed by atoms with Crippen LogP contribution in [0.3, 0.4) is 0 Å². The number of rotatable bonds is 4. The maximum absolute atomic E-state index is 13.8. The molecule has 0 amide bonds. The molecule has 1 N–H and O–H groups in total. The van der Waals surface area contributed by atoms with E-state index in [2.05, 4.69) is 6.58 Å². The second kappa shape index (κ2) is 4.74. The smallest absolute Gasteiger partial charge is 0.135 e. The predicted octanol–water partition coefficient (Wildman–Crippen LogP) is 3.45. The first-order chi connectivity index (χ1) is 7.40. The number of aryl methyl sites for hydroxylation is 1. The van der Waals surface area contributed by atoms with Gasteiger partial charge in [0.25, 0.3) is 0 Å². The zero-order chi connectivity index (χ0) is 12.3. The highest BCUT2D eigenvalue weighted by molar-refractivity contribution is 5.31. The number of halogens is 2. The largest absolute Gasteiger partial charge is 0.385 e. The lowest BCUT2D eigenvalue weighted by Crippen LogP contribution is -2.24. The van der Waals surface area contributed by atoms with Crippen LogP contribution in [0.4, 0.5) is 8.78 Å². The van der Waals surface area contributed by atoms with Crippen molar-refractivity contribution in [2.45, 2.75) is 32.3 Å². The van der Waals surface area contributed by atoms with Crippen LogP contribution in [0.1, 0.15) is 30.9 Å². The Morgan fingerprint density at radius 3 is 2.62 bits per heavy atom. The maximum atomic E-state index is 13.8. The minimum Gasteiger partial charge on any atom is -0.385 e. The summed E-state index contributed by atoms with van der Waals surface area (Å²) in [6.45, 7) is 6.48. The van der Waals surface area contributed by atoms with Gasteiger partial charge in [-0.2, -0.15) is 0 Å². The Hall–Kier alpha value is -1.22. The van der Waals surface area contributed by atoms with Gasteiger partial charge in [0.05, 0.1) is 11.2 Å². The van der Waals surface area contributed by atoms with E-state index in [0.717, 1.165) is 0 Å². The van der Waals surface area contributed by atoms with Crippen LogP contribution in [0.15, 0.2) is 24.8 Å². The molecule has 0 bridgehead atoms. The molecule has 1 atom stereocenters. The van der Waals surface area contributed by atoms with Crippen LogP contribution < -0.4 is 0 Å². The van der Waals surface area contributed by atoms with Gasteiger partial charge in [-0.25, -0.2) is 8.78 Å². The van der Waals surface area contributed by atoms with E-state index < -0.39 is 17.2 Å². The Morgan fingerprint density at radius 2 is 2.06 bits per heavy atom. The Kier molecular flexibility index (Phi) is 3.81. The molecule has 0 aliphatic carbocycles. The molecule has 0 spiro atoms. The molecule has 0 heterocycles. The summed E-state index contributed by atoms with van der Waals surface area (Å²) in [4.78, 5) is 0. The van der Waals surface area contributed by atoms with Crippen LogP contribution in [0.25, 0.3) is 0 Å². The average molecular weight is 226 g/mol. The third kappa shape index (κ3) is 2.47. The van der Waals surface area contributed by atoms with Crippen molar-refractivity contribution in [3.05, 3.63) is 47.5 Å². The van der Waals surface area contributed by atoms with E-state index in [1.165, 1.54) is 19.1 Å². The molecule has 0 aliphatic rings. The first-order valence-electron chi connectivity index (χ1n) is 5.18. The third-order valence-electron chi connectivity index (χ3n) is 2.66. The van der Waals surface area contributed by atoms with E-state index in [1.807, 2.05) is 0 Å². The first-order valence-corrected chi connectivity index (χ1v) is 5.18. The summed E-state index contributed by atoms with van der Waals surface area (Å²) in [6, 6.07) is 2.54. The highest BCUT2D eigenvalue weighted by atomic mass is 19.1. The van der Waals surface area contributed by atoms with Crippen LogP contribution in [-0.4, -0.2) is 5.11 Å². The summed E-state index contributed by atoms with van der Waals surface area (Å²) in [5.74, 6) is -1.38. The van der Waals surface area contributed by atoms with E-state index >= 15 is 0 Å². The van der Waals surface area contributed by atoms with Crippen LogP contribution >= 0.6 is 0 Å². The van der Waals surface area contributed by atoms with Gasteiger partial charge < -0.3 is 5.11 Å². The van der Waals surface area contributed by atoms with Gasteiger partial charge in [0.15, 0.2) is 0 Å². The van der Waals surface area contributed by atoms with Gasteiger partial charge in [-0.15, -0.1) is 6.58 Å². The highest BCUT2D eigenvalue weighted by Gasteiger charge is 2.30. The molecule has 1 nitrogen and oxygen atoms in total. The lowest BCUT2D eigenvalue weighted by Gasteiger charge is -2.25. The lowest BCUT2D eigenvalue weighted by molar-refractivity contribution is 0.0410. The van der Waals surface area contributed by atoms with Crippen LogP contribution in [0, 0.1) is 18.6 Å². The number of benzene rings is 1. The van der Waals surface area contributed by atoms with E-state index in [9.17, 15) is 13.9 Å². The van der Waals surface area contributed by atoms with Crippen molar-refractivity contribution in [3.63, 3.8) is 0 Å². The number of allylic oxidation sites excluding steroid dienone is 1. The van der Waals surface area contributed by atoms with Gasteiger partial charge in [-0.05, 0) is 38.3 Å². The van der Waals surface area contributed by atoms with Crippen molar-refractivity contribution in [3.8, 4) is 0 Å². The molecule has 0 fully saturated rings. The van der Waals surface area contributed by atoms with Crippen LogP contribution in [0.5, 0.6) is 0 Å². The zero-order valence-electron chi connectivity index (χ0n) is 9.56. The molecule has 88 valence electrons. The molecule has 0 aromatic heterocycles. The van der Waals surface area contributed by atoms with Gasteiger partial charge >= 0.3 is 0 Å². The van der Waals surface area contributed by atoms with Crippen molar-refractivity contribution in [2.75, 3.05) is 0 Å². The summed E-state index contributed by atoms with van der Waals surface area (Å²) >= 11 is 0. The normalized spacial score (nSPS) is 14.6. The second-order valence-corrected chi connectivity index (χ2v) is 4.15. The highest BCUT2D eigenvalue weighted by Crippen LogP contribution is 2.31. The predicted molar refractivity (Wildman–Crippen MR) is 60.1 cm³/mol. The molecule has 0 aliphatic heterocycles. The molecular weight excluding hydrogens is 210 g/mol. The van der Waals surface area contributed by atoms with Crippen LogP contribution in [-0.2, 0) is 5.60 Å². The van der Waals surface area contributed by atoms with Gasteiger partial charge in [0.2, 0.25) is 0 Å². The molecule has 16 heavy (non-hydrogen) atoms. The van der Waals surface area contributed by atoms with E-state index in [4.69, 9.17) is 0 Å². The van der Waals surface area contributed by atoms with Crippen molar-refractivity contribution in [2.24, 2.45) is 0 Å². The summed E-state index contributed by atoms with van der Waals surface area (Å²) < 4.78 is 27.3. The van der Waals surface area contributed by atoms with Crippen molar-refractivity contribution >= 4 is 0 Å². The minimum atomic E-state index is -1.51. The van der Waals surface area contributed by atoms with Gasteiger partial charge in [0, 0.05) is 0 Å². The molecule has 1 aromatic rings. The van der Waals surface area contributed by atoms with Crippen molar-refractivity contribution < 1.29 is 13.9 Å². The maximum Gasteiger partial charge on any atom is 0.135 e. The lowest BCUT2D eigenvalue weighted by atomic mass is 9.89. The Bertz CT molecular complexity index is 397. The minimum absolute atomic E-state index is 0.244. The SMILES string of the molecule is C=CCCC(C)(O)c1c(F)ccc(C)c1F. The molecule has 0 saturated carbocycles. The molecule has 0 saturated heterocycles. The number of hydrogen-bond donors (Lipinski definition) is 1. The van der Waals surface area contributed by atoms with Gasteiger partial charge in [-0.1, -0.05) is 12.1 Å². The standard InChI is InChI=1S/C13H16F2O/c1-4-5-8-13(3,16)11-10(14)7-6-9(2)12(11)15/h4,6-7,16H,1,5,8H2,2-3H3. The Morgan fingerprint density at radius 1 is 1.44 bits per heavy atom. The molecule has 3 heteroatoms. The monoisotopic (exact) mass is 226 g/mol. The van der Waals surface area contributed by atoms with Crippen molar-refractivity contribution in [1.29, 1.82) is 0 Å². The summed E-state index contributed by atoms with van der Waals surface area (Å²) in [5, 5.41) is 10.1. The zero-order valence-corrected chi connectivity index (χ0v) is 9.56. The molecule has 1 rings (SSSR count). The fourth-order valence-electron chi connectivity index (χ4n) is 1.66. The average Bonchev–Trinajstić information content (AvgIpc) is 2.21. The second-order valence-electron chi connectivity index (χ2n) is 4.15. The molecule has 1 unspecified atom stereocenters. The van der Waals surface area contributed by atoms with Gasteiger partial charge in [-0.3, -0.25) is 0 Å². The van der Waals surface area contributed by atoms with E-state index in [0.29, 0.717) is 12.0 Å². The summed E-state index contributed by atoms with van der Waals surface area (Å²) in [5.41, 5.74) is -1.43. The van der Waals surface area contributed by atoms with E-state index in [-0.39, 0.29) is 12.0 Å². The quantitative estimate of drug-likeness (QED) is 0.780. The molecular formula is C13H16F2O. The van der Waals surface area contributed by atoms with Crippen LogP contribution in [0.2, 0.25) is 0 Å². The number of hydrogen-bond acceptors (Lipinski definition) is 1. The fourth-order valence-corrected chi connectivity index (χ4v) is 1.66. The summed E-state index contributed by atoms with van der Waals surface area (Å²) in [6.07, 6.45) is 2.35. The number of aliphatic hydroxyl groups is 1. The Balaban J connectivity index is 3.20. The Labute approximate surface area is 94.4 Å². The van der Waals surface area contributed by atoms with E-state index in [1.54, 1.807) is 13.0 Å². The molecule has 1 aromatic carbocycles. The molecule has 0 radical (unpaired) electrons. The first kappa shape index (κ1) is 12.8. The third-order valence-corrected chi connectivity index (χ3v) is 2.66. The summed E-state index contributed by atoms with van der Waals surface area (Å²) in [7, 11) is 0. The van der Waals surface area contributed by atoms with Crippen molar-refractivity contribution in [1.82, 2.24) is 0 Å². The van der Waals surface area contributed by atoms with Gasteiger partial charge in [0.1, 0.15) is 11.6 Å².